The van der Waals surface area contributed by atoms with Gasteiger partial charge in [0, 0.05) is 21.7 Å². The molecule has 12 aliphatic rings. The fourth-order valence-electron chi connectivity index (χ4n) is 26.0. The van der Waals surface area contributed by atoms with Crippen molar-refractivity contribution in [3.63, 3.8) is 0 Å². The van der Waals surface area contributed by atoms with E-state index < -0.39 is 113 Å². The maximum Gasteiger partial charge on any atom is 0.178 e. The minimum Gasteiger partial charge on any atom is -0.497 e. The van der Waals surface area contributed by atoms with Gasteiger partial charge in [0.1, 0.15) is 67.7 Å². The molecular formula is C96H100F8O8. The van der Waals surface area contributed by atoms with Gasteiger partial charge in [-0.05, 0) is 318 Å². The van der Waals surface area contributed by atoms with Crippen LogP contribution in [-0.2, 0) is 25.7 Å². The van der Waals surface area contributed by atoms with Gasteiger partial charge < -0.3 is 39.4 Å². The zero-order chi connectivity index (χ0) is 78.7. The van der Waals surface area contributed by atoms with E-state index >= 15 is 35.1 Å². The van der Waals surface area contributed by atoms with Crippen LogP contribution in [0.2, 0.25) is 0 Å². The lowest BCUT2D eigenvalue weighted by Crippen LogP contribution is -2.50. The second-order valence-corrected chi connectivity index (χ2v) is 36.4. The van der Waals surface area contributed by atoms with Gasteiger partial charge in [0.05, 0.1) is 28.4 Å². The van der Waals surface area contributed by atoms with Crippen LogP contribution in [-0.4, -0.2) is 71.3 Å². The fraction of sp³-hybridized carbons (Fsp3) is 0.542. The Morgan fingerprint density at radius 1 is 0.286 bits per heavy atom. The zero-order valence-corrected chi connectivity index (χ0v) is 65.3. The Balaban J connectivity index is 0.000000163. The monoisotopic (exact) mass is 1530 g/mol. The van der Waals surface area contributed by atoms with Gasteiger partial charge in [-0.15, -0.1) is 0 Å². The normalized spacial score (nSPS) is 36.2. The van der Waals surface area contributed by atoms with Crippen molar-refractivity contribution in [3.8, 4) is 70.4 Å². The number of ether oxygens (including phenoxy) is 4. The summed E-state index contributed by atoms with van der Waals surface area (Å²) in [7, 11) is 6.66. The highest BCUT2D eigenvalue weighted by Crippen LogP contribution is 2.69. The highest BCUT2D eigenvalue weighted by molar-refractivity contribution is 5.53. The molecule has 0 radical (unpaired) electrons. The Labute approximate surface area is 653 Å². The van der Waals surface area contributed by atoms with E-state index in [2.05, 4.69) is 95.9 Å². The Morgan fingerprint density at radius 3 is 0.670 bits per heavy atom. The van der Waals surface area contributed by atoms with Crippen molar-refractivity contribution in [2.45, 2.75) is 228 Å². The first-order chi connectivity index (χ1) is 53.5. The fourth-order valence-corrected chi connectivity index (χ4v) is 26.0. The van der Waals surface area contributed by atoms with Crippen LogP contribution in [0.15, 0.2) is 72.8 Å². The van der Waals surface area contributed by atoms with Crippen molar-refractivity contribution < 1.29 is 74.5 Å². The van der Waals surface area contributed by atoms with E-state index in [9.17, 15) is 20.4 Å². The Kier molecular flexibility index (Phi) is 19.1. The molecule has 6 aromatic carbocycles. The van der Waals surface area contributed by atoms with Gasteiger partial charge in [0.2, 0.25) is 0 Å². The number of benzene rings is 6. The van der Waals surface area contributed by atoms with Crippen LogP contribution in [0, 0.1) is 163 Å². The summed E-state index contributed by atoms with van der Waals surface area (Å²) in [5, 5.41) is 48.2. The predicted molar refractivity (Wildman–Crippen MR) is 410 cm³/mol. The van der Waals surface area contributed by atoms with Crippen molar-refractivity contribution in [1.29, 1.82) is 0 Å². The molecule has 0 unspecified atom stereocenters. The minimum absolute atomic E-state index is 0.132. The van der Waals surface area contributed by atoms with Gasteiger partial charge in [-0.3, -0.25) is 0 Å². The van der Waals surface area contributed by atoms with E-state index in [0.717, 1.165) is 100 Å². The van der Waals surface area contributed by atoms with Crippen LogP contribution >= 0.6 is 0 Å². The van der Waals surface area contributed by atoms with Gasteiger partial charge in [0.15, 0.2) is 46.5 Å². The Hall–Kier alpha value is -7.96. The average Bonchev–Trinajstić information content (AvgIpc) is 1.54. The lowest BCUT2D eigenvalue weighted by atomic mass is 9.53. The molecule has 8 saturated carbocycles. The van der Waals surface area contributed by atoms with E-state index in [1.807, 2.05) is 52.0 Å². The minimum atomic E-state index is -1.65. The number of hydrogen-bond donors (Lipinski definition) is 4. The molecule has 16 heteroatoms. The molecule has 4 N–H and O–H groups in total. The van der Waals surface area contributed by atoms with Crippen molar-refractivity contribution in [2.75, 3.05) is 28.4 Å². The predicted octanol–water partition coefficient (Wildman–Crippen LogP) is 19.1. The molecule has 12 aliphatic carbocycles. The van der Waals surface area contributed by atoms with E-state index in [0.29, 0.717) is 124 Å². The largest absolute Gasteiger partial charge is 0.497 e. The second kappa shape index (κ2) is 27.9. The van der Waals surface area contributed by atoms with Gasteiger partial charge in [-0.25, -0.2) is 35.1 Å². The molecule has 20 atom stereocenters. The summed E-state index contributed by atoms with van der Waals surface area (Å²) in [5.41, 5.74) is -2.72. The van der Waals surface area contributed by atoms with E-state index in [1.165, 1.54) is 44.5 Å². The molecule has 0 heterocycles. The summed E-state index contributed by atoms with van der Waals surface area (Å²) in [6.45, 7) is 8.01. The molecular weight excluding hydrogens is 1430 g/mol. The van der Waals surface area contributed by atoms with Crippen LogP contribution in [0.1, 0.15) is 247 Å². The average molecular weight is 1530 g/mol. The Bertz CT molecular complexity index is 4440. The van der Waals surface area contributed by atoms with Gasteiger partial charge in [-0.2, -0.15) is 0 Å². The molecule has 0 saturated heterocycles. The highest BCUT2D eigenvalue weighted by Gasteiger charge is 2.66. The van der Waals surface area contributed by atoms with Crippen LogP contribution in [0.3, 0.4) is 0 Å². The molecule has 18 rings (SSSR count). The zero-order valence-electron chi connectivity index (χ0n) is 65.3. The van der Waals surface area contributed by atoms with Crippen LogP contribution in [0.25, 0.3) is 0 Å². The smallest absolute Gasteiger partial charge is 0.178 e. The number of aliphatic hydroxyl groups is 4. The van der Waals surface area contributed by atoms with Gasteiger partial charge in [0.25, 0.3) is 0 Å². The van der Waals surface area contributed by atoms with Crippen LogP contribution in [0.5, 0.6) is 23.0 Å². The molecule has 6 aromatic rings. The number of methoxy groups -OCH3 is 4. The maximum absolute atomic E-state index is 15.7. The first-order valence-electron chi connectivity index (χ1n) is 40.9. The molecule has 112 heavy (non-hydrogen) atoms. The molecule has 8 fully saturated rings. The van der Waals surface area contributed by atoms with Crippen LogP contribution < -0.4 is 18.9 Å². The number of hydrogen-bond acceptors (Lipinski definition) is 8. The van der Waals surface area contributed by atoms with Crippen molar-refractivity contribution >= 4 is 0 Å². The SMILES string of the molecule is COc1ccc2c(c1)CC[C@@H]1[C@@H]2CC[C@@]2(C)[C@H]1CC[C@@]2(O)C#Cc1c(F)c(F)c(C#C[C@]2(O)CC[C@H]3[C@@H]4CCc5cc(OC)ccc5[C@H]4CC[C@@]32C)c(F)c1F.COc1ccc2c(c1)CC[C@@H]1[C@@H]2CC[C@@]2(C)[C@H]1CC[C@@]2(O)C#Cc1c(F)c(F)c(C#C[C@]2(O)CC[C@H]3[C@@H]4CCc5cc(OC)ccc5[C@H]4CC[C@@]32C)c(F)c1F. The molecule has 0 aromatic heterocycles. The summed E-state index contributed by atoms with van der Waals surface area (Å²) >= 11 is 0. The molecule has 588 valence electrons. The molecule has 0 spiro atoms. The molecule has 0 aliphatic heterocycles. The lowest BCUT2D eigenvalue weighted by Gasteiger charge is -2.52. The molecule has 0 amide bonds. The molecule has 0 bridgehead atoms. The van der Waals surface area contributed by atoms with E-state index in [1.54, 1.807) is 28.4 Å². The first-order valence-corrected chi connectivity index (χ1v) is 40.9. The van der Waals surface area contributed by atoms with Gasteiger partial charge in [-0.1, -0.05) is 99.3 Å². The Morgan fingerprint density at radius 2 is 0.482 bits per heavy atom. The lowest BCUT2D eigenvalue weighted by molar-refractivity contribution is -0.0648. The van der Waals surface area contributed by atoms with Crippen molar-refractivity contribution in [3.05, 3.63) is 186 Å². The summed E-state index contributed by atoms with van der Waals surface area (Å²) in [4.78, 5) is 0. The number of fused-ring (bicyclic) bond motifs is 20. The van der Waals surface area contributed by atoms with E-state index in [-0.39, 0.29) is 23.7 Å². The standard InChI is InChI=1S/2C48H50F4O4/c2*1-45-19-13-33-31-11-7-29(55-3)25-27(31)5-9-35(33)39(45)17-23-47(45,53)21-15-37-41(49)43(51)38(44(52)42(37)50)16-22-48(54)24-18-40-36-10-6-28-26-30(56-4)8-12-32(28)34(36)14-20-46(40,48)2/h2*7-8,11-12,25-26,33-36,39-40,53-54H,5-6,9-10,13-14,17-20,23-24H2,1-4H3/t2*33-,34-,35-,36-,39+,40+,45+,46+,47+,48+/m11/s1. The number of halogens is 8. The van der Waals surface area contributed by atoms with Crippen molar-refractivity contribution in [2.24, 2.45) is 69.0 Å². The topological polar surface area (TPSA) is 118 Å². The van der Waals surface area contributed by atoms with Gasteiger partial charge >= 0.3 is 0 Å². The summed E-state index contributed by atoms with van der Waals surface area (Å²) in [6.07, 6.45) is 17.4. The third-order valence-electron chi connectivity index (χ3n) is 32.4. The van der Waals surface area contributed by atoms with Crippen molar-refractivity contribution in [1.82, 2.24) is 0 Å². The summed E-state index contributed by atoms with van der Waals surface area (Å²) in [5.74, 6) is 13.8. The number of aryl methyl sites for hydroxylation is 4. The maximum atomic E-state index is 15.7. The third kappa shape index (κ3) is 11.6. The molecule has 8 nitrogen and oxygen atoms in total. The quantitative estimate of drug-likeness (QED) is 0.0783. The number of rotatable bonds is 4. The second-order valence-electron chi connectivity index (χ2n) is 36.4. The highest BCUT2D eigenvalue weighted by atomic mass is 19.2. The summed E-state index contributed by atoms with van der Waals surface area (Å²) < 4.78 is 148. The van der Waals surface area contributed by atoms with Crippen LogP contribution in [0.4, 0.5) is 35.1 Å². The third-order valence-corrected chi connectivity index (χ3v) is 32.4. The van der Waals surface area contributed by atoms with E-state index in [4.69, 9.17) is 18.9 Å². The first kappa shape index (κ1) is 76.7. The summed E-state index contributed by atoms with van der Waals surface area (Å²) in [6, 6.07) is 25.0.